The summed E-state index contributed by atoms with van der Waals surface area (Å²) in [5.74, 6) is 6.43. The largest absolute Gasteiger partial charge is 0.369 e. The van der Waals surface area contributed by atoms with Gasteiger partial charge in [-0.2, -0.15) is 4.98 Å². The van der Waals surface area contributed by atoms with Crippen LogP contribution in [0.25, 0.3) is 0 Å². The first kappa shape index (κ1) is 12.5. The van der Waals surface area contributed by atoms with E-state index in [-0.39, 0.29) is 17.5 Å². The summed E-state index contributed by atoms with van der Waals surface area (Å²) in [7, 11) is 0. The molecule has 0 radical (unpaired) electrons. The Morgan fingerprint density at radius 2 is 2.12 bits per heavy atom. The lowest BCUT2D eigenvalue weighted by Gasteiger charge is -2.23. The molecule has 6 nitrogen and oxygen atoms in total. The Kier molecular flexibility index (Phi) is 3.89. The molecule has 1 heterocycles. The van der Waals surface area contributed by atoms with Crippen molar-refractivity contribution in [2.45, 2.75) is 39.7 Å². The van der Waals surface area contributed by atoms with E-state index in [9.17, 15) is 4.79 Å². The lowest BCUT2D eigenvalue weighted by atomic mass is 10.1. The first-order chi connectivity index (χ1) is 7.47. The van der Waals surface area contributed by atoms with E-state index in [1.807, 2.05) is 20.8 Å². The van der Waals surface area contributed by atoms with Crippen molar-refractivity contribution in [3.8, 4) is 0 Å². The second-order valence-corrected chi connectivity index (χ2v) is 4.00. The molecule has 0 spiro atoms. The van der Waals surface area contributed by atoms with Crippen molar-refractivity contribution in [2.75, 3.05) is 10.7 Å². The highest BCUT2D eigenvalue weighted by molar-refractivity contribution is 5.48. The van der Waals surface area contributed by atoms with Crippen LogP contribution in [0.1, 0.15) is 32.8 Å². The minimum Gasteiger partial charge on any atom is -0.369 e. The number of anilines is 2. The monoisotopic (exact) mass is 225 g/mol. The molecule has 0 bridgehead atoms. The highest BCUT2D eigenvalue weighted by atomic mass is 16.1. The first-order valence-electron chi connectivity index (χ1n) is 5.40. The van der Waals surface area contributed by atoms with E-state index in [1.165, 1.54) is 5.01 Å². The summed E-state index contributed by atoms with van der Waals surface area (Å²) in [6, 6.07) is 0.0595. The molecule has 5 N–H and O–H groups in total. The van der Waals surface area contributed by atoms with Gasteiger partial charge in [0.2, 0.25) is 5.95 Å². The van der Waals surface area contributed by atoms with Crippen molar-refractivity contribution in [2.24, 2.45) is 5.84 Å². The zero-order valence-electron chi connectivity index (χ0n) is 9.95. The summed E-state index contributed by atoms with van der Waals surface area (Å²) in [6.07, 6.45) is 1.49. The molecule has 0 atom stereocenters. The SMILES string of the molecule is CCCc1c(N(N)C(C)C)nc(N)[nH]c1=O. The third-order valence-corrected chi connectivity index (χ3v) is 2.31. The second kappa shape index (κ2) is 4.98. The first-order valence-corrected chi connectivity index (χ1v) is 5.40. The van der Waals surface area contributed by atoms with Crippen LogP contribution in [0.15, 0.2) is 4.79 Å². The quantitative estimate of drug-likeness (QED) is 0.508. The normalized spacial score (nSPS) is 10.8. The minimum absolute atomic E-state index is 0.0595. The fraction of sp³-hybridized carbons (Fsp3) is 0.600. The Morgan fingerprint density at radius 3 is 2.62 bits per heavy atom. The number of aromatic amines is 1. The van der Waals surface area contributed by atoms with Gasteiger partial charge in [-0.05, 0) is 20.3 Å². The van der Waals surface area contributed by atoms with E-state index >= 15 is 0 Å². The molecule has 0 saturated heterocycles. The fourth-order valence-corrected chi connectivity index (χ4v) is 1.44. The van der Waals surface area contributed by atoms with Gasteiger partial charge in [-0.3, -0.25) is 14.8 Å². The lowest BCUT2D eigenvalue weighted by molar-refractivity contribution is 0.690. The van der Waals surface area contributed by atoms with Gasteiger partial charge < -0.3 is 5.73 Å². The molecule has 1 rings (SSSR count). The molecular formula is C10H19N5O. The van der Waals surface area contributed by atoms with Gasteiger partial charge >= 0.3 is 0 Å². The molecule has 16 heavy (non-hydrogen) atoms. The minimum atomic E-state index is -0.208. The summed E-state index contributed by atoms with van der Waals surface area (Å²) < 4.78 is 0. The van der Waals surface area contributed by atoms with Crippen molar-refractivity contribution < 1.29 is 0 Å². The molecule has 0 aliphatic carbocycles. The average Bonchev–Trinajstić information content (AvgIpc) is 2.20. The lowest BCUT2D eigenvalue weighted by Crippen LogP contribution is -2.40. The van der Waals surface area contributed by atoms with Crippen LogP contribution < -0.4 is 22.1 Å². The molecule has 0 fully saturated rings. The van der Waals surface area contributed by atoms with Crippen molar-refractivity contribution in [1.29, 1.82) is 0 Å². The molecule has 0 aromatic carbocycles. The molecule has 0 aliphatic rings. The molecule has 1 aromatic heterocycles. The van der Waals surface area contributed by atoms with E-state index in [4.69, 9.17) is 11.6 Å². The highest BCUT2D eigenvalue weighted by Gasteiger charge is 2.16. The van der Waals surface area contributed by atoms with Gasteiger partial charge in [-0.15, -0.1) is 0 Å². The molecule has 0 unspecified atom stereocenters. The number of rotatable bonds is 4. The van der Waals surface area contributed by atoms with Crippen molar-refractivity contribution in [1.82, 2.24) is 9.97 Å². The second-order valence-electron chi connectivity index (χ2n) is 4.00. The van der Waals surface area contributed by atoms with Crippen LogP contribution in [-0.2, 0) is 6.42 Å². The number of nitrogens with two attached hydrogens (primary N) is 2. The number of hydrogen-bond acceptors (Lipinski definition) is 5. The maximum atomic E-state index is 11.7. The summed E-state index contributed by atoms with van der Waals surface area (Å²) in [5, 5.41) is 1.47. The van der Waals surface area contributed by atoms with Gasteiger partial charge in [0, 0.05) is 6.04 Å². The van der Waals surface area contributed by atoms with Gasteiger partial charge in [0.05, 0.1) is 5.56 Å². The Hall–Kier alpha value is -1.56. The average molecular weight is 225 g/mol. The van der Waals surface area contributed by atoms with Crippen LogP contribution in [0.4, 0.5) is 11.8 Å². The summed E-state index contributed by atoms with van der Waals surface area (Å²) in [5.41, 5.74) is 5.90. The van der Waals surface area contributed by atoms with Crippen LogP contribution >= 0.6 is 0 Å². The number of hydrazine groups is 1. The summed E-state index contributed by atoms with van der Waals surface area (Å²) in [4.78, 5) is 18.3. The fourth-order valence-electron chi connectivity index (χ4n) is 1.44. The Bertz CT molecular complexity index is 412. The zero-order chi connectivity index (χ0) is 12.3. The third-order valence-electron chi connectivity index (χ3n) is 2.31. The van der Waals surface area contributed by atoms with Crippen LogP contribution in [0.2, 0.25) is 0 Å². The Morgan fingerprint density at radius 1 is 1.50 bits per heavy atom. The molecule has 0 amide bonds. The number of nitrogens with one attached hydrogen (secondary N) is 1. The standard InChI is InChI=1S/C10H19N5O/c1-4-5-7-8(15(12)6(2)3)13-10(11)14-9(7)16/h6H,4-5,12H2,1-3H3,(H3,11,13,14,16). The number of nitrogens with zero attached hydrogens (tertiary/aromatic N) is 2. The van der Waals surface area contributed by atoms with Gasteiger partial charge in [-0.25, -0.2) is 5.84 Å². The molecule has 0 saturated carbocycles. The predicted octanol–water partition coefficient (Wildman–Crippen LogP) is 0.393. The Balaban J connectivity index is 3.28. The van der Waals surface area contributed by atoms with Crippen LogP contribution in [0, 0.1) is 0 Å². The third kappa shape index (κ3) is 2.52. The van der Waals surface area contributed by atoms with Crippen molar-refractivity contribution in [3.05, 3.63) is 15.9 Å². The topological polar surface area (TPSA) is 101 Å². The number of hydrogen-bond donors (Lipinski definition) is 3. The maximum Gasteiger partial charge on any atom is 0.257 e. The highest BCUT2D eigenvalue weighted by Crippen LogP contribution is 2.15. The van der Waals surface area contributed by atoms with Crippen molar-refractivity contribution in [3.63, 3.8) is 0 Å². The zero-order valence-corrected chi connectivity index (χ0v) is 9.95. The van der Waals surface area contributed by atoms with Crippen LogP contribution in [-0.4, -0.2) is 16.0 Å². The predicted molar refractivity (Wildman–Crippen MR) is 65.1 cm³/mol. The molecule has 90 valence electrons. The van der Waals surface area contributed by atoms with Crippen LogP contribution in [0.5, 0.6) is 0 Å². The number of aromatic nitrogens is 2. The van der Waals surface area contributed by atoms with Gasteiger partial charge in [0.15, 0.2) is 5.82 Å². The van der Waals surface area contributed by atoms with E-state index in [2.05, 4.69) is 9.97 Å². The number of nitrogen functional groups attached to an aromatic ring is 1. The van der Waals surface area contributed by atoms with Gasteiger partial charge in [-0.1, -0.05) is 13.3 Å². The molecule has 1 aromatic rings. The number of H-pyrrole nitrogens is 1. The van der Waals surface area contributed by atoms with Gasteiger partial charge in [0.1, 0.15) is 0 Å². The van der Waals surface area contributed by atoms with E-state index in [0.29, 0.717) is 17.8 Å². The molecule has 6 heteroatoms. The molecule has 0 aliphatic heterocycles. The summed E-state index contributed by atoms with van der Waals surface area (Å²) >= 11 is 0. The smallest absolute Gasteiger partial charge is 0.257 e. The maximum absolute atomic E-state index is 11.7. The van der Waals surface area contributed by atoms with Crippen molar-refractivity contribution >= 4 is 11.8 Å². The van der Waals surface area contributed by atoms with E-state index < -0.39 is 0 Å². The molecular weight excluding hydrogens is 206 g/mol. The van der Waals surface area contributed by atoms with Gasteiger partial charge in [0.25, 0.3) is 5.56 Å². The van der Waals surface area contributed by atoms with Crippen LogP contribution in [0.3, 0.4) is 0 Å². The summed E-state index contributed by atoms with van der Waals surface area (Å²) in [6.45, 7) is 5.85. The van der Waals surface area contributed by atoms with E-state index in [1.54, 1.807) is 0 Å². The van der Waals surface area contributed by atoms with E-state index in [0.717, 1.165) is 6.42 Å². The Labute approximate surface area is 94.6 Å².